The van der Waals surface area contributed by atoms with Gasteiger partial charge in [-0.2, -0.15) is 13.2 Å². The summed E-state index contributed by atoms with van der Waals surface area (Å²) in [6, 6.07) is 9.10. The van der Waals surface area contributed by atoms with Crippen molar-refractivity contribution in [1.29, 1.82) is 0 Å². The van der Waals surface area contributed by atoms with Crippen LogP contribution in [0, 0.1) is 0 Å². The summed E-state index contributed by atoms with van der Waals surface area (Å²) in [7, 11) is 0. The Morgan fingerprint density at radius 3 is 2.19 bits per heavy atom. The van der Waals surface area contributed by atoms with Gasteiger partial charge in [-0.05, 0) is 23.6 Å². The Kier molecular flexibility index (Phi) is 9.74. The van der Waals surface area contributed by atoms with Gasteiger partial charge in [-0.3, -0.25) is 14.6 Å². The van der Waals surface area contributed by atoms with Crippen LogP contribution >= 0.6 is 22.7 Å². The van der Waals surface area contributed by atoms with Gasteiger partial charge < -0.3 is 15.5 Å². The fraction of sp³-hybridized carbons (Fsp3) is 0.304. The van der Waals surface area contributed by atoms with Gasteiger partial charge >= 0.3 is 18.1 Å². The normalized spacial score (nSPS) is 14.5. The third-order valence-electron chi connectivity index (χ3n) is 5.21. The second-order valence-electron chi connectivity index (χ2n) is 7.86. The number of carboxylic acid groups (broad SMARTS) is 2. The van der Waals surface area contributed by atoms with E-state index >= 15 is 0 Å². The summed E-state index contributed by atoms with van der Waals surface area (Å²) in [5.41, 5.74) is -0.0352. The van der Waals surface area contributed by atoms with Crippen molar-refractivity contribution in [3.63, 3.8) is 0 Å². The first-order valence-corrected chi connectivity index (χ1v) is 12.6. The van der Waals surface area contributed by atoms with Crippen LogP contribution in [-0.4, -0.2) is 75.6 Å². The highest BCUT2D eigenvalue weighted by atomic mass is 32.1. The molecule has 3 aromatic rings. The molecule has 37 heavy (non-hydrogen) atoms. The Labute approximate surface area is 217 Å². The number of halogens is 3. The lowest BCUT2D eigenvalue weighted by atomic mass is 10.1. The molecular weight excluding hydrogens is 533 g/mol. The molecule has 3 N–H and O–H groups in total. The third kappa shape index (κ3) is 8.63. The lowest BCUT2D eigenvalue weighted by Crippen LogP contribution is -2.48. The number of nitrogens with zero attached hydrogens (tertiary/aromatic N) is 3. The fourth-order valence-electron chi connectivity index (χ4n) is 3.45. The average Bonchev–Trinajstić information content (AvgIpc) is 3.52. The molecule has 0 atom stereocenters. The molecule has 0 aliphatic carbocycles. The Balaban J connectivity index is 0.000000568. The molecule has 1 aliphatic rings. The molecule has 3 heterocycles. The molecule has 0 radical (unpaired) electrons. The van der Waals surface area contributed by atoms with Crippen LogP contribution in [0.25, 0.3) is 10.6 Å². The van der Waals surface area contributed by atoms with Crippen molar-refractivity contribution in [1.82, 2.24) is 14.8 Å². The number of nitrogens with one attached hydrogen (secondary N) is 1. The minimum absolute atomic E-state index is 0.0693. The predicted molar refractivity (Wildman–Crippen MR) is 132 cm³/mol. The molecule has 0 spiro atoms. The number of anilines is 1. The fourth-order valence-corrected chi connectivity index (χ4v) is 5.05. The number of amides is 1. The van der Waals surface area contributed by atoms with Gasteiger partial charge in [0.15, 0.2) is 0 Å². The van der Waals surface area contributed by atoms with Crippen molar-refractivity contribution in [3.05, 3.63) is 57.7 Å². The van der Waals surface area contributed by atoms with Gasteiger partial charge in [-0.25, -0.2) is 14.6 Å². The van der Waals surface area contributed by atoms with E-state index in [2.05, 4.69) is 21.7 Å². The number of carbonyl (C=O) groups excluding carboxylic acids is 1. The molecule has 0 bridgehead atoms. The predicted octanol–water partition coefficient (Wildman–Crippen LogP) is 3.80. The summed E-state index contributed by atoms with van der Waals surface area (Å²) in [6.45, 7) is 3.74. The van der Waals surface area contributed by atoms with Gasteiger partial charge in [-0.1, -0.05) is 18.2 Å². The Hall–Kier alpha value is -3.33. The molecule has 198 valence electrons. The van der Waals surface area contributed by atoms with Crippen molar-refractivity contribution < 1.29 is 37.8 Å². The van der Waals surface area contributed by atoms with Crippen LogP contribution in [0.3, 0.4) is 0 Å². The van der Waals surface area contributed by atoms with Crippen LogP contribution in [0.1, 0.15) is 10.6 Å². The van der Waals surface area contributed by atoms with Crippen molar-refractivity contribution in [3.8, 4) is 10.6 Å². The number of hydrogen-bond acceptors (Lipinski definition) is 8. The monoisotopic (exact) mass is 556 g/mol. The Bertz CT molecular complexity index is 1200. The van der Waals surface area contributed by atoms with Gasteiger partial charge in [0.05, 0.1) is 34.9 Å². The highest BCUT2D eigenvalue weighted by Crippen LogP contribution is 2.34. The van der Waals surface area contributed by atoms with E-state index in [9.17, 15) is 18.0 Å². The molecular formula is C23H23F3N4O5S2. The first kappa shape index (κ1) is 28.2. The Morgan fingerprint density at radius 2 is 1.59 bits per heavy atom. The third-order valence-corrected chi connectivity index (χ3v) is 6.93. The van der Waals surface area contributed by atoms with E-state index in [4.69, 9.17) is 24.8 Å². The molecule has 2 aromatic heterocycles. The number of thiazole rings is 1. The molecule has 1 fully saturated rings. The second-order valence-corrected chi connectivity index (χ2v) is 9.75. The van der Waals surface area contributed by atoms with Crippen molar-refractivity contribution in [2.75, 3.05) is 38.0 Å². The van der Waals surface area contributed by atoms with Crippen LogP contribution in [0.4, 0.5) is 18.9 Å². The number of para-hydroxylation sites is 1. The number of carboxylic acids is 2. The summed E-state index contributed by atoms with van der Waals surface area (Å²) in [5, 5.41) is 22.3. The van der Waals surface area contributed by atoms with Gasteiger partial charge in [-0.15, -0.1) is 22.7 Å². The SMILES string of the molecule is O=C(CN1CCN(Cc2nc(-c3cccs3)cs2)CC1)Nc1ccccc1C(F)(F)F.O=C(O)C(=O)O. The van der Waals surface area contributed by atoms with E-state index in [1.54, 1.807) is 22.7 Å². The second kappa shape index (κ2) is 12.8. The maximum atomic E-state index is 13.1. The number of aliphatic carboxylic acids is 2. The van der Waals surface area contributed by atoms with Crippen LogP contribution in [-0.2, 0) is 27.1 Å². The lowest BCUT2D eigenvalue weighted by Gasteiger charge is -2.33. The van der Waals surface area contributed by atoms with Crippen LogP contribution in [0.5, 0.6) is 0 Å². The molecule has 0 unspecified atom stereocenters. The van der Waals surface area contributed by atoms with Crippen molar-refractivity contribution in [2.24, 2.45) is 0 Å². The maximum Gasteiger partial charge on any atom is 0.418 e. The lowest BCUT2D eigenvalue weighted by molar-refractivity contribution is -0.159. The van der Waals surface area contributed by atoms with Gasteiger partial charge in [0.1, 0.15) is 5.01 Å². The van der Waals surface area contributed by atoms with Gasteiger partial charge in [0, 0.05) is 31.6 Å². The van der Waals surface area contributed by atoms with E-state index in [0.29, 0.717) is 13.1 Å². The number of carbonyl (C=O) groups is 3. The highest BCUT2D eigenvalue weighted by Gasteiger charge is 2.33. The van der Waals surface area contributed by atoms with E-state index in [1.807, 2.05) is 16.3 Å². The first-order valence-electron chi connectivity index (χ1n) is 10.9. The zero-order valence-corrected chi connectivity index (χ0v) is 20.9. The number of alkyl halides is 3. The number of aromatic nitrogens is 1. The van der Waals surface area contributed by atoms with E-state index in [-0.39, 0.29) is 12.2 Å². The summed E-state index contributed by atoms with van der Waals surface area (Å²) in [5.74, 6) is -4.09. The summed E-state index contributed by atoms with van der Waals surface area (Å²) in [6.07, 6.45) is -4.51. The van der Waals surface area contributed by atoms with Crippen LogP contribution in [0.15, 0.2) is 47.2 Å². The van der Waals surface area contributed by atoms with Gasteiger partial charge in [0.2, 0.25) is 5.91 Å². The zero-order valence-electron chi connectivity index (χ0n) is 19.3. The first-order chi connectivity index (χ1) is 17.5. The standard InChI is InChI=1S/C21H21F3N4OS2.C2H2O4/c22-21(23,24)15-4-1-2-5-16(15)25-19(29)12-27-7-9-28(10-8-27)13-20-26-17(14-31-20)18-6-3-11-30-18;3-1(4)2(5)6/h1-6,11,14H,7-10,12-13H2,(H,25,29);(H,3,4)(H,5,6). The smallest absolute Gasteiger partial charge is 0.418 e. The molecule has 4 rings (SSSR count). The molecule has 0 saturated carbocycles. The molecule has 9 nitrogen and oxygen atoms in total. The number of thiophene rings is 1. The highest BCUT2D eigenvalue weighted by molar-refractivity contribution is 7.14. The topological polar surface area (TPSA) is 123 Å². The molecule has 1 aliphatic heterocycles. The molecule has 1 aromatic carbocycles. The Morgan fingerprint density at radius 1 is 0.946 bits per heavy atom. The maximum absolute atomic E-state index is 13.1. The molecule has 1 amide bonds. The van der Waals surface area contributed by atoms with Gasteiger partial charge in [0.25, 0.3) is 0 Å². The minimum Gasteiger partial charge on any atom is -0.473 e. The van der Waals surface area contributed by atoms with Crippen molar-refractivity contribution >= 4 is 46.2 Å². The number of rotatable bonds is 6. The van der Waals surface area contributed by atoms with Crippen LogP contribution < -0.4 is 5.32 Å². The summed E-state index contributed by atoms with van der Waals surface area (Å²) < 4.78 is 39.3. The molecule has 14 heteroatoms. The number of benzene rings is 1. The minimum atomic E-state index is -4.51. The van der Waals surface area contributed by atoms with E-state index in [0.717, 1.165) is 41.3 Å². The quantitative estimate of drug-likeness (QED) is 0.392. The molecule has 1 saturated heterocycles. The van der Waals surface area contributed by atoms with Crippen LogP contribution in [0.2, 0.25) is 0 Å². The van der Waals surface area contributed by atoms with Crippen molar-refractivity contribution in [2.45, 2.75) is 12.7 Å². The largest absolute Gasteiger partial charge is 0.473 e. The number of hydrogen-bond donors (Lipinski definition) is 3. The average molecular weight is 557 g/mol. The summed E-state index contributed by atoms with van der Waals surface area (Å²) >= 11 is 3.31. The number of piperazine rings is 1. The van der Waals surface area contributed by atoms with E-state index in [1.165, 1.54) is 18.2 Å². The zero-order chi connectivity index (χ0) is 27.0. The van der Waals surface area contributed by atoms with E-state index < -0.39 is 29.6 Å². The summed E-state index contributed by atoms with van der Waals surface area (Å²) in [4.78, 5) is 40.6.